The summed E-state index contributed by atoms with van der Waals surface area (Å²) in [6.45, 7) is 2.13. The van der Waals surface area contributed by atoms with Crippen LogP contribution in [0, 0.1) is 0 Å². The van der Waals surface area contributed by atoms with Crippen molar-refractivity contribution < 1.29 is 8.42 Å². The lowest BCUT2D eigenvalue weighted by molar-refractivity contribution is 0.387. The van der Waals surface area contributed by atoms with Gasteiger partial charge in [-0.1, -0.05) is 11.6 Å². The first-order valence-electron chi connectivity index (χ1n) is 5.39. The van der Waals surface area contributed by atoms with Crippen molar-refractivity contribution in [3.63, 3.8) is 0 Å². The second-order valence-corrected chi connectivity index (χ2v) is 7.41. The molecule has 1 saturated heterocycles. The third-order valence-corrected chi connectivity index (χ3v) is 4.81. The molecule has 2 rings (SSSR count). The van der Waals surface area contributed by atoms with Crippen LogP contribution in [0.3, 0.4) is 0 Å². The van der Waals surface area contributed by atoms with Gasteiger partial charge in [-0.3, -0.25) is 0 Å². The van der Waals surface area contributed by atoms with E-state index in [-0.39, 0.29) is 0 Å². The van der Waals surface area contributed by atoms with Gasteiger partial charge in [-0.25, -0.2) is 13.4 Å². The van der Waals surface area contributed by atoms with E-state index in [1.54, 1.807) is 12.3 Å². The molecule has 0 spiro atoms. The maximum absolute atomic E-state index is 11.4. The highest BCUT2D eigenvalue weighted by molar-refractivity contribution is 9.10. The van der Waals surface area contributed by atoms with Crippen LogP contribution in [0.5, 0.6) is 0 Å². The normalized spacial score (nSPS) is 18.1. The van der Waals surface area contributed by atoms with Gasteiger partial charge in [0.2, 0.25) is 10.0 Å². The molecule has 0 radical (unpaired) electrons. The lowest BCUT2D eigenvalue weighted by Crippen LogP contribution is -2.48. The monoisotopic (exact) mass is 353 g/mol. The Morgan fingerprint density at radius 2 is 1.94 bits per heavy atom. The summed E-state index contributed by atoms with van der Waals surface area (Å²) in [5, 5.41) is 0.567. The summed E-state index contributed by atoms with van der Waals surface area (Å²) in [6, 6.07) is 1.78. The first-order chi connectivity index (χ1) is 8.38. The second kappa shape index (κ2) is 5.32. The highest BCUT2D eigenvalue weighted by atomic mass is 79.9. The van der Waals surface area contributed by atoms with Crippen molar-refractivity contribution in [3.8, 4) is 0 Å². The van der Waals surface area contributed by atoms with Crippen molar-refractivity contribution in [2.24, 2.45) is 0 Å². The molecule has 1 aliphatic rings. The van der Waals surface area contributed by atoms with Gasteiger partial charge in [-0.15, -0.1) is 0 Å². The zero-order valence-corrected chi connectivity index (χ0v) is 13.0. The van der Waals surface area contributed by atoms with Crippen LogP contribution in [-0.4, -0.2) is 50.1 Å². The quantitative estimate of drug-likeness (QED) is 0.809. The predicted octanol–water partition coefficient (Wildman–Crippen LogP) is 1.58. The van der Waals surface area contributed by atoms with Crippen LogP contribution in [0.25, 0.3) is 0 Å². The Morgan fingerprint density at radius 3 is 2.44 bits per heavy atom. The fraction of sp³-hybridized carbons (Fsp3) is 0.500. The molecule has 0 aromatic carbocycles. The number of aromatic nitrogens is 1. The van der Waals surface area contributed by atoms with Crippen LogP contribution < -0.4 is 4.90 Å². The summed E-state index contributed by atoms with van der Waals surface area (Å²) in [5.74, 6) is 0.702. The largest absolute Gasteiger partial charge is 0.353 e. The summed E-state index contributed by atoms with van der Waals surface area (Å²) in [6.07, 6.45) is 2.91. The van der Waals surface area contributed by atoms with Gasteiger partial charge in [-0.05, 0) is 22.0 Å². The third-order valence-electron chi connectivity index (χ3n) is 2.80. The van der Waals surface area contributed by atoms with Gasteiger partial charge in [0, 0.05) is 36.8 Å². The highest BCUT2D eigenvalue weighted by Crippen LogP contribution is 2.27. The first-order valence-corrected chi connectivity index (χ1v) is 8.41. The Hall–Kier alpha value is -0.370. The molecule has 0 saturated carbocycles. The number of piperazine rings is 1. The van der Waals surface area contributed by atoms with E-state index in [1.807, 2.05) is 4.90 Å². The number of halogens is 2. The van der Waals surface area contributed by atoms with Gasteiger partial charge in [0.1, 0.15) is 5.82 Å². The molecule has 0 atom stereocenters. The third kappa shape index (κ3) is 3.14. The van der Waals surface area contributed by atoms with E-state index in [2.05, 4.69) is 20.9 Å². The molecule has 0 N–H and O–H groups in total. The van der Waals surface area contributed by atoms with E-state index in [0.717, 1.165) is 4.47 Å². The number of pyridine rings is 1. The van der Waals surface area contributed by atoms with Crippen LogP contribution in [0.2, 0.25) is 5.02 Å². The second-order valence-electron chi connectivity index (χ2n) is 4.11. The van der Waals surface area contributed by atoms with Crippen LogP contribution in [-0.2, 0) is 10.0 Å². The Labute approximate surface area is 120 Å². The Bertz CT molecular complexity index is 544. The number of hydrogen-bond donors (Lipinski definition) is 0. The molecule has 0 aliphatic carbocycles. The van der Waals surface area contributed by atoms with Crippen LogP contribution in [0.4, 0.5) is 5.82 Å². The summed E-state index contributed by atoms with van der Waals surface area (Å²) >= 11 is 9.43. The first kappa shape index (κ1) is 14.0. The van der Waals surface area contributed by atoms with Gasteiger partial charge in [0.25, 0.3) is 0 Å². The molecule has 18 heavy (non-hydrogen) atoms. The topological polar surface area (TPSA) is 53.5 Å². The summed E-state index contributed by atoms with van der Waals surface area (Å²) < 4.78 is 25.1. The maximum atomic E-state index is 11.4. The standard InChI is InChI=1S/C10H13BrClN3O2S/c1-18(16,17)15-4-2-14(3-5-15)10-9(12)6-8(11)7-13-10/h6-7H,2-5H2,1H3. The number of sulfonamides is 1. The average Bonchev–Trinajstić information content (AvgIpc) is 2.28. The van der Waals surface area contributed by atoms with Crippen LogP contribution in [0.15, 0.2) is 16.7 Å². The van der Waals surface area contributed by atoms with Crippen molar-refractivity contribution in [1.82, 2.24) is 9.29 Å². The van der Waals surface area contributed by atoms with E-state index in [1.165, 1.54) is 10.6 Å². The maximum Gasteiger partial charge on any atom is 0.211 e. The Balaban J connectivity index is 2.10. The van der Waals surface area contributed by atoms with Crippen LogP contribution in [0.1, 0.15) is 0 Å². The van der Waals surface area contributed by atoms with Gasteiger partial charge >= 0.3 is 0 Å². The lowest BCUT2D eigenvalue weighted by Gasteiger charge is -2.34. The van der Waals surface area contributed by atoms with Crippen molar-refractivity contribution in [1.29, 1.82) is 0 Å². The average molecular weight is 355 g/mol. The van der Waals surface area contributed by atoms with Gasteiger partial charge in [-0.2, -0.15) is 4.31 Å². The predicted molar refractivity (Wildman–Crippen MR) is 75.6 cm³/mol. The molecule has 100 valence electrons. The molecular weight excluding hydrogens is 342 g/mol. The number of anilines is 1. The molecular formula is C10H13BrClN3O2S. The smallest absolute Gasteiger partial charge is 0.211 e. The van der Waals surface area contributed by atoms with E-state index in [0.29, 0.717) is 37.0 Å². The Kier molecular flexibility index (Phi) is 4.15. The summed E-state index contributed by atoms with van der Waals surface area (Å²) in [5.41, 5.74) is 0. The molecule has 1 fully saturated rings. The van der Waals surface area contributed by atoms with Crippen molar-refractivity contribution in [2.45, 2.75) is 0 Å². The summed E-state index contributed by atoms with van der Waals surface area (Å²) in [7, 11) is -3.10. The van der Waals surface area contributed by atoms with E-state index in [4.69, 9.17) is 11.6 Å². The SMILES string of the molecule is CS(=O)(=O)N1CCN(c2ncc(Br)cc2Cl)CC1. The van der Waals surface area contributed by atoms with E-state index < -0.39 is 10.0 Å². The highest BCUT2D eigenvalue weighted by Gasteiger charge is 2.24. The zero-order valence-electron chi connectivity index (χ0n) is 9.81. The van der Waals surface area contributed by atoms with E-state index in [9.17, 15) is 8.42 Å². The zero-order chi connectivity index (χ0) is 13.3. The molecule has 1 aromatic heterocycles. The number of hydrogen-bond acceptors (Lipinski definition) is 4. The number of rotatable bonds is 2. The molecule has 2 heterocycles. The molecule has 0 unspecified atom stereocenters. The minimum atomic E-state index is -3.10. The lowest BCUT2D eigenvalue weighted by atomic mass is 10.3. The van der Waals surface area contributed by atoms with Gasteiger partial charge < -0.3 is 4.90 Å². The molecule has 1 aliphatic heterocycles. The molecule has 5 nitrogen and oxygen atoms in total. The van der Waals surface area contributed by atoms with Gasteiger partial charge in [0.15, 0.2) is 0 Å². The van der Waals surface area contributed by atoms with Crippen molar-refractivity contribution in [2.75, 3.05) is 37.3 Å². The minimum Gasteiger partial charge on any atom is -0.353 e. The fourth-order valence-electron chi connectivity index (χ4n) is 1.87. The number of nitrogens with zero attached hydrogens (tertiary/aromatic N) is 3. The molecule has 1 aromatic rings. The van der Waals surface area contributed by atoms with E-state index >= 15 is 0 Å². The van der Waals surface area contributed by atoms with Crippen molar-refractivity contribution in [3.05, 3.63) is 21.8 Å². The minimum absolute atomic E-state index is 0.465. The molecule has 0 amide bonds. The van der Waals surface area contributed by atoms with Gasteiger partial charge in [0.05, 0.1) is 11.3 Å². The molecule has 8 heteroatoms. The Morgan fingerprint density at radius 1 is 1.33 bits per heavy atom. The van der Waals surface area contributed by atoms with Crippen molar-refractivity contribution >= 4 is 43.4 Å². The van der Waals surface area contributed by atoms with Crippen LogP contribution >= 0.6 is 27.5 Å². The fourth-order valence-corrected chi connectivity index (χ4v) is 3.45. The summed E-state index contributed by atoms with van der Waals surface area (Å²) in [4.78, 5) is 6.26. The molecule has 0 bridgehead atoms.